The van der Waals surface area contributed by atoms with E-state index in [9.17, 15) is 0 Å². The number of hydrogen-bond donors (Lipinski definition) is 0. The summed E-state index contributed by atoms with van der Waals surface area (Å²) in [6.45, 7) is 4.73. The largest absolute Gasteiger partial charge is 0.493 e. The van der Waals surface area contributed by atoms with Crippen LogP contribution in [0.3, 0.4) is 0 Å². The van der Waals surface area contributed by atoms with E-state index < -0.39 is 0 Å². The fourth-order valence-corrected chi connectivity index (χ4v) is 1.28. The van der Waals surface area contributed by atoms with Gasteiger partial charge in [0.05, 0.1) is 18.2 Å². The van der Waals surface area contributed by atoms with Crippen LogP contribution in [0, 0.1) is 0 Å². The van der Waals surface area contributed by atoms with Gasteiger partial charge < -0.3 is 4.74 Å². The molecule has 0 aliphatic rings. The molecule has 0 radical (unpaired) electrons. The zero-order valence-electron chi connectivity index (χ0n) is 8.01. The van der Waals surface area contributed by atoms with E-state index in [-0.39, 0.29) is 0 Å². The molecule has 1 aromatic heterocycles. The number of aryl methyl sites for hydroxylation is 1. The first-order chi connectivity index (χ1) is 6.31. The van der Waals surface area contributed by atoms with Crippen LogP contribution < -0.4 is 4.74 Å². The van der Waals surface area contributed by atoms with Crippen molar-refractivity contribution in [2.75, 3.05) is 6.61 Å². The SMILES string of the molecule is CCOc1cc(CCl)ncc1CC. The standard InChI is InChI=1S/C10H14ClNO/c1-3-8-7-12-9(6-11)5-10(8)13-4-2/h5,7H,3-4,6H2,1-2H3. The predicted octanol–water partition coefficient (Wildman–Crippen LogP) is 2.78. The Morgan fingerprint density at radius 3 is 2.77 bits per heavy atom. The van der Waals surface area contributed by atoms with Crippen LogP contribution in [0.2, 0.25) is 0 Å². The number of alkyl halides is 1. The summed E-state index contributed by atoms with van der Waals surface area (Å²) in [6, 6.07) is 1.91. The van der Waals surface area contributed by atoms with Gasteiger partial charge in [-0.15, -0.1) is 11.6 Å². The summed E-state index contributed by atoms with van der Waals surface area (Å²) in [5.41, 5.74) is 2.00. The highest BCUT2D eigenvalue weighted by atomic mass is 35.5. The van der Waals surface area contributed by atoms with E-state index in [2.05, 4.69) is 11.9 Å². The molecule has 13 heavy (non-hydrogen) atoms. The third-order valence-corrected chi connectivity index (χ3v) is 2.09. The molecule has 72 valence electrons. The lowest BCUT2D eigenvalue weighted by atomic mass is 10.2. The van der Waals surface area contributed by atoms with Gasteiger partial charge in [-0.2, -0.15) is 0 Å². The fourth-order valence-electron chi connectivity index (χ4n) is 1.13. The Morgan fingerprint density at radius 1 is 1.46 bits per heavy atom. The molecular formula is C10H14ClNO. The molecule has 0 unspecified atom stereocenters. The van der Waals surface area contributed by atoms with Gasteiger partial charge >= 0.3 is 0 Å². The van der Waals surface area contributed by atoms with Crippen molar-refractivity contribution < 1.29 is 4.74 Å². The fraction of sp³-hybridized carbons (Fsp3) is 0.500. The number of hydrogen-bond acceptors (Lipinski definition) is 2. The highest BCUT2D eigenvalue weighted by molar-refractivity contribution is 6.16. The van der Waals surface area contributed by atoms with Crippen LogP contribution >= 0.6 is 11.6 Å². The molecule has 0 amide bonds. The minimum atomic E-state index is 0.435. The van der Waals surface area contributed by atoms with E-state index in [1.165, 1.54) is 0 Å². The lowest BCUT2D eigenvalue weighted by molar-refractivity contribution is 0.336. The monoisotopic (exact) mass is 199 g/mol. The maximum absolute atomic E-state index is 5.68. The van der Waals surface area contributed by atoms with E-state index >= 15 is 0 Å². The zero-order chi connectivity index (χ0) is 9.68. The Balaban J connectivity index is 2.95. The Morgan fingerprint density at radius 2 is 2.23 bits per heavy atom. The summed E-state index contributed by atoms with van der Waals surface area (Å²) >= 11 is 5.68. The number of pyridine rings is 1. The number of aromatic nitrogens is 1. The highest BCUT2D eigenvalue weighted by Crippen LogP contribution is 2.19. The second-order valence-corrected chi connectivity index (χ2v) is 2.97. The molecule has 0 aromatic carbocycles. The molecule has 0 bridgehead atoms. The summed E-state index contributed by atoms with van der Waals surface area (Å²) in [4.78, 5) is 4.20. The van der Waals surface area contributed by atoms with Crippen molar-refractivity contribution in [2.24, 2.45) is 0 Å². The molecule has 0 spiro atoms. The summed E-state index contributed by atoms with van der Waals surface area (Å²) in [5.74, 6) is 1.35. The number of nitrogens with zero attached hydrogens (tertiary/aromatic N) is 1. The van der Waals surface area contributed by atoms with E-state index in [1.807, 2.05) is 19.2 Å². The topological polar surface area (TPSA) is 22.1 Å². The van der Waals surface area contributed by atoms with E-state index in [4.69, 9.17) is 16.3 Å². The van der Waals surface area contributed by atoms with Gasteiger partial charge in [-0.25, -0.2) is 0 Å². The van der Waals surface area contributed by atoms with Crippen LogP contribution in [0.25, 0.3) is 0 Å². The highest BCUT2D eigenvalue weighted by Gasteiger charge is 2.03. The molecule has 1 rings (SSSR count). The normalized spacial score (nSPS) is 10.1. The van der Waals surface area contributed by atoms with Crippen molar-refractivity contribution in [2.45, 2.75) is 26.1 Å². The molecule has 0 atom stereocenters. The molecule has 0 saturated carbocycles. The Hall–Kier alpha value is -0.760. The first-order valence-electron chi connectivity index (χ1n) is 4.48. The molecule has 0 aliphatic heterocycles. The van der Waals surface area contributed by atoms with Crippen molar-refractivity contribution in [1.29, 1.82) is 0 Å². The van der Waals surface area contributed by atoms with Gasteiger partial charge in [-0.05, 0) is 13.3 Å². The molecule has 0 aliphatic carbocycles. The summed E-state index contributed by atoms with van der Waals surface area (Å²) in [5, 5.41) is 0. The van der Waals surface area contributed by atoms with E-state index in [1.54, 1.807) is 0 Å². The van der Waals surface area contributed by atoms with Gasteiger partial charge in [0, 0.05) is 17.8 Å². The van der Waals surface area contributed by atoms with Crippen molar-refractivity contribution in [1.82, 2.24) is 4.98 Å². The molecule has 2 nitrogen and oxygen atoms in total. The summed E-state index contributed by atoms with van der Waals surface area (Å²) in [6.07, 6.45) is 2.77. The van der Waals surface area contributed by atoms with Crippen LogP contribution in [-0.2, 0) is 12.3 Å². The third kappa shape index (κ3) is 2.59. The van der Waals surface area contributed by atoms with Gasteiger partial charge in [0.15, 0.2) is 0 Å². The van der Waals surface area contributed by atoms with Gasteiger partial charge in [-0.3, -0.25) is 4.98 Å². The minimum absolute atomic E-state index is 0.435. The minimum Gasteiger partial charge on any atom is -0.493 e. The molecule has 0 fully saturated rings. The Bertz CT molecular complexity index is 276. The average molecular weight is 200 g/mol. The second-order valence-electron chi connectivity index (χ2n) is 2.70. The maximum atomic E-state index is 5.68. The van der Waals surface area contributed by atoms with E-state index in [0.29, 0.717) is 12.5 Å². The number of rotatable bonds is 4. The lowest BCUT2D eigenvalue weighted by Crippen LogP contribution is -1.98. The van der Waals surface area contributed by atoms with Crippen LogP contribution in [0.4, 0.5) is 0 Å². The summed E-state index contributed by atoms with van der Waals surface area (Å²) in [7, 11) is 0. The van der Waals surface area contributed by atoms with Gasteiger partial charge in [0.1, 0.15) is 5.75 Å². The number of ether oxygens (including phenoxy) is 1. The van der Waals surface area contributed by atoms with Crippen LogP contribution in [0.15, 0.2) is 12.3 Å². The molecule has 3 heteroatoms. The van der Waals surface area contributed by atoms with Crippen LogP contribution in [0.1, 0.15) is 25.1 Å². The first kappa shape index (κ1) is 10.3. The first-order valence-corrected chi connectivity index (χ1v) is 5.01. The zero-order valence-corrected chi connectivity index (χ0v) is 8.77. The second kappa shape index (κ2) is 5.07. The Labute approximate surface area is 83.9 Å². The number of halogens is 1. The quantitative estimate of drug-likeness (QED) is 0.696. The third-order valence-electron chi connectivity index (χ3n) is 1.82. The van der Waals surface area contributed by atoms with Crippen molar-refractivity contribution in [3.8, 4) is 5.75 Å². The smallest absolute Gasteiger partial charge is 0.125 e. The lowest BCUT2D eigenvalue weighted by Gasteiger charge is -2.08. The van der Waals surface area contributed by atoms with Crippen molar-refractivity contribution >= 4 is 11.6 Å². The average Bonchev–Trinajstić information content (AvgIpc) is 2.18. The van der Waals surface area contributed by atoms with Crippen LogP contribution in [-0.4, -0.2) is 11.6 Å². The molecule has 1 aromatic rings. The Kier molecular flexibility index (Phi) is 4.03. The van der Waals surface area contributed by atoms with Crippen molar-refractivity contribution in [3.63, 3.8) is 0 Å². The molecular weight excluding hydrogens is 186 g/mol. The van der Waals surface area contributed by atoms with Gasteiger partial charge in [0.25, 0.3) is 0 Å². The summed E-state index contributed by atoms with van der Waals surface area (Å²) < 4.78 is 5.47. The van der Waals surface area contributed by atoms with Gasteiger partial charge in [0.2, 0.25) is 0 Å². The van der Waals surface area contributed by atoms with E-state index in [0.717, 1.165) is 23.4 Å². The van der Waals surface area contributed by atoms with Crippen LogP contribution in [0.5, 0.6) is 5.75 Å². The predicted molar refractivity (Wildman–Crippen MR) is 54.3 cm³/mol. The molecule has 0 N–H and O–H groups in total. The van der Waals surface area contributed by atoms with Gasteiger partial charge in [-0.1, -0.05) is 6.92 Å². The van der Waals surface area contributed by atoms with Crippen molar-refractivity contribution in [3.05, 3.63) is 23.5 Å². The molecule has 0 saturated heterocycles. The maximum Gasteiger partial charge on any atom is 0.125 e. The molecule has 1 heterocycles.